The molecule has 2 aromatic heterocycles. The maximum Gasteiger partial charge on any atom is 0.244 e. The van der Waals surface area contributed by atoms with Crippen LogP contribution in [-0.4, -0.2) is 12.5 Å². The molecule has 0 fully saturated rings. The van der Waals surface area contributed by atoms with Crippen molar-refractivity contribution in [1.29, 1.82) is 0 Å². The third kappa shape index (κ3) is 3.92. The zero-order valence-electron chi connectivity index (χ0n) is 9.26. The van der Waals surface area contributed by atoms with Crippen molar-refractivity contribution in [3.63, 3.8) is 0 Å². The maximum absolute atomic E-state index is 11.5. The lowest BCUT2D eigenvalue weighted by atomic mass is 10.2. The molecular formula is C13H13NO2S. The average Bonchev–Trinajstić information content (AvgIpc) is 2.99. The highest BCUT2D eigenvalue weighted by Gasteiger charge is 1.97. The molecule has 2 heterocycles. The van der Waals surface area contributed by atoms with E-state index in [9.17, 15) is 4.79 Å². The summed E-state index contributed by atoms with van der Waals surface area (Å²) in [6.45, 7) is 0.618. The van der Waals surface area contributed by atoms with E-state index in [2.05, 4.69) is 5.32 Å². The van der Waals surface area contributed by atoms with E-state index in [0.717, 1.165) is 16.9 Å². The molecule has 0 aromatic carbocycles. The van der Waals surface area contributed by atoms with E-state index < -0.39 is 0 Å². The van der Waals surface area contributed by atoms with Crippen LogP contribution in [0.25, 0.3) is 6.08 Å². The molecule has 0 aliphatic heterocycles. The zero-order chi connectivity index (χ0) is 11.9. The summed E-state index contributed by atoms with van der Waals surface area (Å²) in [5.74, 6) is -0.0677. The first-order valence-corrected chi connectivity index (χ1v) is 6.23. The number of rotatable bonds is 5. The predicted octanol–water partition coefficient (Wildman–Crippen LogP) is 2.71. The van der Waals surface area contributed by atoms with Gasteiger partial charge in [-0.3, -0.25) is 4.79 Å². The molecule has 0 unspecified atom stereocenters. The summed E-state index contributed by atoms with van der Waals surface area (Å²) < 4.78 is 4.94. The molecule has 1 amide bonds. The van der Waals surface area contributed by atoms with Gasteiger partial charge in [-0.05, 0) is 35.6 Å². The number of thiophene rings is 1. The summed E-state index contributed by atoms with van der Waals surface area (Å²) in [6.07, 6.45) is 7.48. The van der Waals surface area contributed by atoms with Crippen molar-refractivity contribution >= 4 is 23.3 Å². The van der Waals surface area contributed by atoms with E-state index in [1.54, 1.807) is 29.9 Å². The largest absolute Gasteiger partial charge is 0.472 e. The molecule has 0 aliphatic carbocycles. The molecule has 0 saturated carbocycles. The second kappa shape index (κ2) is 6.06. The Morgan fingerprint density at radius 3 is 3.12 bits per heavy atom. The van der Waals surface area contributed by atoms with Gasteiger partial charge in [0, 0.05) is 17.5 Å². The number of carbonyl (C=O) groups excluding carboxylic acids is 1. The highest BCUT2D eigenvalue weighted by atomic mass is 32.1. The molecule has 0 radical (unpaired) electrons. The van der Waals surface area contributed by atoms with Gasteiger partial charge in [-0.2, -0.15) is 0 Å². The summed E-state index contributed by atoms with van der Waals surface area (Å²) >= 11 is 1.61. The molecule has 4 heteroatoms. The molecule has 1 N–H and O–H groups in total. The number of hydrogen-bond acceptors (Lipinski definition) is 3. The van der Waals surface area contributed by atoms with Crippen LogP contribution >= 0.6 is 11.3 Å². The number of nitrogens with one attached hydrogen (secondary N) is 1. The summed E-state index contributed by atoms with van der Waals surface area (Å²) in [7, 11) is 0. The van der Waals surface area contributed by atoms with E-state index in [0.29, 0.717) is 6.54 Å². The van der Waals surface area contributed by atoms with E-state index in [4.69, 9.17) is 4.42 Å². The molecular weight excluding hydrogens is 234 g/mol. The van der Waals surface area contributed by atoms with Crippen LogP contribution in [0.4, 0.5) is 0 Å². The van der Waals surface area contributed by atoms with Crippen LogP contribution in [-0.2, 0) is 11.2 Å². The Kier molecular flexibility index (Phi) is 4.16. The number of hydrogen-bond donors (Lipinski definition) is 1. The topological polar surface area (TPSA) is 42.2 Å². The van der Waals surface area contributed by atoms with Crippen LogP contribution in [0.3, 0.4) is 0 Å². The average molecular weight is 247 g/mol. The lowest BCUT2D eigenvalue weighted by Gasteiger charge is -1.99. The highest BCUT2D eigenvalue weighted by Crippen LogP contribution is 2.09. The molecule has 17 heavy (non-hydrogen) atoms. The van der Waals surface area contributed by atoms with Crippen molar-refractivity contribution in [2.75, 3.05) is 6.54 Å². The van der Waals surface area contributed by atoms with Crippen molar-refractivity contribution in [3.05, 3.63) is 52.6 Å². The van der Waals surface area contributed by atoms with Gasteiger partial charge in [-0.15, -0.1) is 11.3 Å². The Bertz CT molecular complexity index is 472. The van der Waals surface area contributed by atoms with Gasteiger partial charge in [0.05, 0.1) is 12.5 Å². The molecule has 0 saturated heterocycles. The molecule has 0 aliphatic rings. The number of furan rings is 1. The fourth-order valence-electron chi connectivity index (χ4n) is 1.37. The SMILES string of the molecule is O=C(/C=C/c1cccs1)NCCc1ccoc1. The molecule has 0 bridgehead atoms. The first-order chi connectivity index (χ1) is 8.34. The zero-order valence-corrected chi connectivity index (χ0v) is 10.1. The van der Waals surface area contributed by atoms with Crippen LogP contribution in [0, 0.1) is 0 Å². The Balaban J connectivity index is 1.71. The lowest BCUT2D eigenvalue weighted by Crippen LogP contribution is -2.23. The first kappa shape index (κ1) is 11.7. The standard InChI is InChI=1S/C13H13NO2S/c15-13(4-3-12-2-1-9-17-12)14-7-5-11-6-8-16-10-11/h1-4,6,8-10H,5,7H2,(H,14,15)/b4-3+. The molecule has 0 spiro atoms. The Morgan fingerprint density at radius 1 is 1.47 bits per heavy atom. The van der Waals surface area contributed by atoms with Gasteiger partial charge in [0.15, 0.2) is 0 Å². The minimum atomic E-state index is -0.0677. The van der Waals surface area contributed by atoms with Gasteiger partial charge in [-0.1, -0.05) is 6.07 Å². The van der Waals surface area contributed by atoms with Crippen LogP contribution in [0.15, 0.2) is 46.6 Å². The van der Waals surface area contributed by atoms with Crippen molar-refractivity contribution in [1.82, 2.24) is 5.32 Å². The van der Waals surface area contributed by atoms with Crippen molar-refractivity contribution in [3.8, 4) is 0 Å². The summed E-state index contributed by atoms with van der Waals surface area (Å²) in [5, 5.41) is 4.80. The Labute approximate surface area is 104 Å². The Hall–Kier alpha value is -1.81. The summed E-state index contributed by atoms with van der Waals surface area (Å²) in [5.41, 5.74) is 1.09. The fourth-order valence-corrected chi connectivity index (χ4v) is 1.99. The smallest absolute Gasteiger partial charge is 0.244 e. The van der Waals surface area contributed by atoms with Crippen molar-refractivity contribution < 1.29 is 9.21 Å². The van der Waals surface area contributed by atoms with Gasteiger partial charge < -0.3 is 9.73 Å². The second-order valence-electron chi connectivity index (χ2n) is 3.52. The summed E-state index contributed by atoms with van der Waals surface area (Å²) in [6, 6.07) is 5.83. The first-order valence-electron chi connectivity index (χ1n) is 5.35. The predicted molar refractivity (Wildman–Crippen MR) is 68.8 cm³/mol. The molecule has 2 aromatic rings. The minimum Gasteiger partial charge on any atom is -0.472 e. The van der Waals surface area contributed by atoms with Gasteiger partial charge in [0.25, 0.3) is 0 Å². The van der Waals surface area contributed by atoms with E-state index >= 15 is 0 Å². The minimum absolute atomic E-state index is 0.0677. The number of carbonyl (C=O) groups is 1. The lowest BCUT2D eigenvalue weighted by molar-refractivity contribution is -0.116. The highest BCUT2D eigenvalue weighted by molar-refractivity contribution is 7.10. The third-order valence-electron chi connectivity index (χ3n) is 2.24. The van der Waals surface area contributed by atoms with Gasteiger partial charge in [0.2, 0.25) is 5.91 Å². The quantitative estimate of drug-likeness (QED) is 0.825. The van der Waals surface area contributed by atoms with Crippen LogP contribution < -0.4 is 5.32 Å². The number of amides is 1. The van der Waals surface area contributed by atoms with Gasteiger partial charge in [-0.25, -0.2) is 0 Å². The fraction of sp³-hybridized carbons (Fsp3) is 0.154. The molecule has 3 nitrogen and oxygen atoms in total. The normalized spacial score (nSPS) is 10.8. The van der Waals surface area contributed by atoms with E-state index in [1.807, 2.05) is 29.7 Å². The van der Waals surface area contributed by atoms with Crippen LogP contribution in [0.2, 0.25) is 0 Å². The summed E-state index contributed by atoms with van der Waals surface area (Å²) in [4.78, 5) is 12.5. The van der Waals surface area contributed by atoms with Crippen LogP contribution in [0.1, 0.15) is 10.4 Å². The molecule has 88 valence electrons. The van der Waals surface area contributed by atoms with Crippen LogP contribution in [0.5, 0.6) is 0 Å². The van der Waals surface area contributed by atoms with Crippen molar-refractivity contribution in [2.24, 2.45) is 0 Å². The monoisotopic (exact) mass is 247 g/mol. The molecule has 0 atom stereocenters. The van der Waals surface area contributed by atoms with Gasteiger partial charge in [0.1, 0.15) is 0 Å². The third-order valence-corrected chi connectivity index (χ3v) is 3.07. The molecule has 2 rings (SSSR count). The second-order valence-corrected chi connectivity index (χ2v) is 4.50. The van der Waals surface area contributed by atoms with E-state index in [1.165, 1.54) is 0 Å². The van der Waals surface area contributed by atoms with Crippen molar-refractivity contribution in [2.45, 2.75) is 6.42 Å². The van der Waals surface area contributed by atoms with Gasteiger partial charge >= 0.3 is 0 Å². The Morgan fingerprint density at radius 2 is 2.41 bits per heavy atom. The van der Waals surface area contributed by atoms with E-state index in [-0.39, 0.29) is 5.91 Å². The maximum atomic E-state index is 11.5.